The lowest BCUT2D eigenvalue weighted by Gasteiger charge is -2.54. The molecule has 3 atom stereocenters. The van der Waals surface area contributed by atoms with E-state index in [4.69, 9.17) is 0 Å². The van der Waals surface area contributed by atoms with E-state index in [1.54, 1.807) is 0 Å². The minimum Gasteiger partial charge on any atom is -0.355 e. The summed E-state index contributed by atoms with van der Waals surface area (Å²) in [5.74, 6) is 0. The van der Waals surface area contributed by atoms with E-state index in [-0.39, 0.29) is 0 Å². The Labute approximate surface area is 190 Å². The lowest BCUT2D eigenvalue weighted by atomic mass is 9.96. The lowest BCUT2D eigenvalue weighted by molar-refractivity contribution is -0.968. The number of hydrogen-bond donors (Lipinski definition) is 1. The first-order valence-electron chi connectivity index (χ1n) is 12.4. The number of nitrogens with one attached hydrogen (secondary N) is 1. The molecular formula is C25H47N6+3. The number of anilines is 1. The van der Waals surface area contributed by atoms with Gasteiger partial charge in [-0.05, 0) is 19.2 Å². The molecule has 0 radical (unpaired) electrons. The highest BCUT2D eigenvalue weighted by atomic mass is 15.5. The van der Waals surface area contributed by atoms with Gasteiger partial charge in [-0.25, -0.2) is 0 Å². The van der Waals surface area contributed by atoms with Crippen LogP contribution in [0.3, 0.4) is 0 Å². The van der Waals surface area contributed by atoms with Crippen LogP contribution in [0.4, 0.5) is 5.69 Å². The van der Waals surface area contributed by atoms with Crippen LogP contribution in [-0.2, 0) is 0 Å². The minimum absolute atomic E-state index is 0.567. The number of quaternary nitrogens is 3. The minimum atomic E-state index is 0.567. The van der Waals surface area contributed by atoms with Crippen molar-refractivity contribution in [1.82, 2.24) is 10.2 Å². The summed E-state index contributed by atoms with van der Waals surface area (Å²) in [6, 6.07) is 12.3. The van der Waals surface area contributed by atoms with Gasteiger partial charge >= 0.3 is 0 Å². The SMILES string of the molecule is CN1CC[N+](C)(CC[N+]2(C)CCNCC2)CC1C1C[N+](C)(C)CCN1c1ccccc1. The molecule has 174 valence electrons. The Morgan fingerprint density at radius 1 is 0.806 bits per heavy atom. The number of piperazine rings is 3. The van der Waals surface area contributed by atoms with E-state index in [9.17, 15) is 0 Å². The molecule has 3 unspecified atom stereocenters. The van der Waals surface area contributed by atoms with Crippen molar-refractivity contribution in [3.63, 3.8) is 0 Å². The number of benzene rings is 1. The van der Waals surface area contributed by atoms with Crippen LogP contribution in [0.25, 0.3) is 0 Å². The number of nitrogens with zero attached hydrogens (tertiary/aromatic N) is 5. The summed E-state index contributed by atoms with van der Waals surface area (Å²) in [7, 11) is 12.2. The second kappa shape index (κ2) is 8.99. The maximum atomic E-state index is 3.54. The first kappa shape index (κ1) is 23.0. The Balaban J connectivity index is 1.51. The van der Waals surface area contributed by atoms with Crippen LogP contribution >= 0.6 is 0 Å². The Kier molecular flexibility index (Phi) is 6.67. The fraction of sp³-hybridized carbons (Fsp3) is 0.760. The summed E-state index contributed by atoms with van der Waals surface area (Å²) >= 11 is 0. The summed E-state index contributed by atoms with van der Waals surface area (Å²) in [5.41, 5.74) is 1.40. The van der Waals surface area contributed by atoms with Gasteiger partial charge in [0.2, 0.25) is 0 Å². The predicted molar refractivity (Wildman–Crippen MR) is 130 cm³/mol. The molecule has 3 aliphatic heterocycles. The van der Waals surface area contributed by atoms with E-state index >= 15 is 0 Å². The lowest BCUT2D eigenvalue weighted by Crippen LogP contribution is -2.72. The van der Waals surface area contributed by atoms with Gasteiger partial charge in [0.25, 0.3) is 0 Å². The van der Waals surface area contributed by atoms with Crippen LogP contribution in [0.2, 0.25) is 0 Å². The van der Waals surface area contributed by atoms with Crippen LogP contribution in [0.1, 0.15) is 0 Å². The van der Waals surface area contributed by atoms with Gasteiger partial charge in [0.1, 0.15) is 19.6 Å². The molecule has 0 amide bonds. The molecule has 4 rings (SSSR count). The molecule has 1 aromatic carbocycles. The smallest absolute Gasteiger partial charge is 0.128 e. The third kappa shape index (κ3) is 5.42. The number of rotatable bonds is 5. The van der Waals surface area contributed by atoms with Crippen molar-refractivity contribution >= 4 is 5.69 Å². The van der Waals surface area contributed by atoms with Crippen LogP contribution in [-0.4, -0.2) is 144 Å². The molecule has 1 aromatic rings. The average Bonchev–Trinajstić information content (AvgIpc) is 2.75. The van der Waals surface area contributed by atoms with E-state index in [0.29, 0.717) is 12.1 Å². The highest BCUT2D eigenvalue weighted by Gasteiger charge is 2.46. The monoisotopic (exact) mass is 431 g/mol. The third-order valence-electron chi connectivity index (χ3n) is 8.58. The summed E-state index contributed by atoms with van der Waals surface area (Å²) in [6.45, 7) is 14.9. The topological polar surface area (TPSA) is 18.5 Å². The molecule has 0 saturated carbocycles. The fourth-order valence-electron chi connectivity index (χ4n) is 6.02. The highest BCUT2D eigenvalue weighted by molar-refractivity contribution is 5.48. The number of hydrogen-bond acceptors (Lipinski definition) is 3. The van der Waals surface area contributed by atoms with Gasteiger partial charge in [-0.15, -0.1) is 0 Å². The van der Waals surface area contributed by atoms with E-state index in [1.807, 2.05) is 0 Å². The molecule has 6 nitrogen and oxygen atoms in total. The summed E-state index contributed by atoms with van der Waals surface area (Å²) in [5, 5.41) is 3.54. The number of para-hydroxylation sites is 1. The Bertz CT molecular complexity index is 716. The Hall–Kier alpha value is -1.18. The maximum absolute atomic E-state index is 3.54. The van der Waals surface area contributed by atoms with Gasteiger partial charge in [-0.1, -0.05) is 18.2 Å². The van der Waals surface area contributed by atoms with Crippen molar-refractivity contribution < 1.29 is 13.4 Å². The van der Waals surface area contributed by atoms with Crippen LogP contribution < -0.4 is 10.2 Å². The Morgan fingerprint density at radius 3 is 2.19 bits per heavy atom. The molecular weight excluding hydrogens is 384 g/mol. The zero-order valence-electron chi connectivity index (χ0n) is 20.8. The van der Waals surface area contributed by atoms with Crippen LogP contribution in [0, 0.1) is 0 Å². The van der Waals surface area contributed by atoms with Crippen molar-refractivity contribution in [2.24, 2.45) is 0 Å². The van der Waals surface area contributed by atoms with Gasteiger partial charge < -0.3 is 23.7 Å². The molecule has 0 spiro atoms. The molecule has 3 fully saturated rings. The van der Waals surface area contributed by atoms with E-state index in [1.165, 1.54) is 86.6 Å². The molecule has 3 heterocycles. The van der Waals surface area contributed by atoms with Crippen molar-refractivity contribution in [1.29, 1.82) is 0 Å². The van der Waals surface area contributed by atoms with Crippen LogP contribution in [0.15, 0.2) is 30.3 Å². The quantitative estimate of drug-likeness (QED) is 0.695. The van der Waals surface area contributed by atoms with E-state index < -0.39 is 0 Å². The maximum Gasteiger partial charge on any atom is 0.128 e. The first-order valence-corrected chi connectivity index (χ1v) is 12.4. The zero-order chi connectivity index (χ0) is 22.1. The summed E-state index contributed by atoms with van der Waals surface area (Å²) in [6.07, 6.45) is 0. The van der Waals surface area contributed by atoms with Crippen molar-refractivity contribution in [2.75, 3.05) is 119 Å². The van der Waals surface area contributed by atoms with Crippen molar-refractivity contribution in [3.05, 3.63) is 30.3 Å². The molecule has 1 N–H and O–H groups in total. The molecule has 3 saturated heterocycles. The molecule has 0 bridgehead atoms. The van der Waals surface area contributed by atoms with Gasteiger partial charge in [-0.3, -0.25) is 4.90 Å². The van der Waals surface area contributed by atoms with Gasteiger partial charge in [0.15, 0.2) is 0 Å². The average molecular weight is 432 g/mol. The molecule has 6 heteroatoms. The normalized spacial score (nSPS) is 33.9. The second-order valence-corrected chi connectivity index (χ2v) is 11.8. The molecule has 0 aromatic heterocycles. The number of likely N-dealkylation sites (N-methyl/N-ethyl adjacent to an activating group) is 4. The van der Waals surface area contributed by atoms with Crippen molar-refractivity contribution in [2.45, 2.75) is 12.1 Å². The van der Waals surface area contributed by atoms with E-state index in [0.717, 1.165) is 11.0 Å². The van der Waals surface area contributed by atoms with Gasteiger partial charge in [0.05, 0.1) is 79.5 Å². The third-order valence-corrected chi connectivity index (χ3v) is 8.58. The standard InChI is InChI=1S/C25H47N6/c1-27-13-18-31(5,20-19-30(4)15-11-26-12-16-30)22-24(27)25-21-29(2,3)17-14-28(25)23-9-7-6-8-10-23/h6-10,24-26H,11-22H2,1-5H3/q+3. The summed E-state index contributed by atoms with van der Waals surface area (Å²) < 4.78 is 3.59. The predicted octanol–water partition coefficient (Wildman–Crippen LogP) is 0.762. The van der Waals surface area contributed by atoms with Gasteiger partial charge in [0, 0.05) is 25.3 Å². The molecule has 3 aliphatic rings. The fourth-order valence-corrected chi connectivity index (χ4v) is 6.02. The van der Waals surface area contributed by atoms with Crippen LogP contribution in [0.5, 0.6) is 0 Å². The first-order chi connectivity index (χ1) is 14.7. The molecule has 31 heavy (non-hydrogen) atoms. The largest absolute Gasteiger partial charge is 0.355 e. The highest BCUT2D eigenvalue weighted by Crippen LogP contribution is 2.29. The zero-order valence-corrected chi connectivity index (χ0v) is 20.8. The summed E-state index contributed by atoms with van der Waals surface area (Å²) in [4.78, 5) is 5.40. The second-order valence-electron chi connectivity index (χ2n) is 11.8. The van der Waals surface area contributed by atoms with E-state index in [2.05, 4.69) is 80.7 Å². The van der Waals surface area contributed by atoms with Gasteiger partial charge in [-0.2, -0.15) is 0 Å². The van der Waals surface area contributed by atoms with Crippen molar-refractivity contribution in [3.8, 4) is 0 Å². The molecule has 0 aliphatic carbocycles. The Morgan fingerprint density at radius 2 is 1.48 bits per heavy atom.